The molecule has 0 aliphatic heterocycles. The third kappa shape index (κ3) is 20.3. The number of unbranched alkanes of at least 4 members (excludes halogenated alkanes) is 8. The Morgan fingerprint density at radius 3 is 1.90 bits per heavy atom. The molecule has 0 saturated carbocycles. The highest BCUT2D eigenvalue weighted by molar-refractivity contribution is 5.66. The van der Waals surface area contributed by atoms with Crippen LogP contribution in [0.1, 0.15) is 104 Å². The number of aliphatic carboxylic acids is 1. The molecule has 0 aromatic rings. The first-order valence-electron chi connectivity index (χ1n) is 11.8. The van der Waals surface area contributed by atoms with Crippen LogP contribution in [0.3, 0.4) is 0 Å². The van der Waals surface area contributed by atoms with E-state index < -0.39 is 11.4 Å². The summed E-state index contributed by atoms with van der Waals surface area (Å²) in [5.41, 5.74) is -0.667. The Hall–Kier alpha value is -0.950. The Morgan fingerprint density at radius 1 is 0.833 bits per heavy atom. The van der Waals surface area contributed by atoms with Crippen molar-refractivity contribution in [3.63, 3.8) is 0 Å². The SMILES string of the molecule is CCC(CO)(CO)CO.CCCCCC[C@@H](O)C/C=C\CCCCCCCC(=O)O. The van der Waals surface area contributed by atoms with Crippen LogP contribution in [0.2, 0.25) is 0 Å². The molecule has 0 fully saturated rings. The quantitative estimate of drug-likeness (QED) is 0.152. The molecule has 0 saturated heterocycles. The van der Waals surface area contributed by atoms with Gasteiger partial charge in [-0.3, -0.25) is 4.79 Å². The molecule has 0 aliphatic rings. The number of carboxylic acids is 1. The lowest BCUT2D eigenvalue weighted by Crippen LogP contribution is -2.32. The number of hydrogen-bond donors (Lipinski definition) is 5. The van der Waals surface area contributed by atoms with Gasteiger partial charge in [0, 0.05) is 11.8 Å². The van der Waals surface area contributed by atoms with Gasteiger partial charge in [-0.25, -0.2) is 0 Å². The zero-order valence-corrected chi connectivity index (χ0v) is 19.4. The molecule has 0 heterocycles. The summed E-state index contributed by atoms with van der Waals surface area (Å²) >= 11 is 0. The van der Waals surface area contributed by atoms with Crippen molar-refractivity contribution in [3.05, 3.63) is 12.2 Å². The standard InChI is InChI=1S/C18H34O3.C6H14O3/c1-2-3-4-11-14-17(19)15-12-9-7-5-6-8-10-13-16-18(20)21;1-2-6(3-7,4-8)5-9/h9,12,17,19H,2-8,10-11,13-16H2,1H3,(H,20,21);7-9H,2-5H2,1H3/b12-9-;/t17-;/m1./s1. The normalized spacial score (nSPS) is 12.6. The molecule has 0 unspecified atom stereocenters. The lowest BCUT2D eigenvalue weighted by molar-refractivity contribution is -0.137. The van der Waals surface area contributed by atoms with E-state index in [1.165, 1.54) is 25.7 Å². The van der Waals surface area contributed by atoms with Gasteiger partial charge in [-0.15, -0.1) is 0 Å². The number of rotatable bonds is 19. The van der Waals surface area contributed by atoms with E-state index in [2.05, 4.69) is 19.1 Å². The molecule has 0 aliphatic carbocycles. The highest BCUT2D eigenvalue weighted by atomic mass is 16.4. The monoisotopic (exact) mass is 432 g/mol. The number of aliphatic hydroxyl groups is 4. The van der Waals surface area contributed by atoms with Crippen LogP contribution < -0.4 is 0 Å². The van der Waals surface area contributed by atoms with Crippen LogP contribution in [0, 0.1) is 5.41 Å². The van der Waals surface area contributed by atoms with Crippen molar-refractivity contribution in [1.82, 2.24) is 0 Å². The smallest absolute Gasteiger partial charge is 0.303 e. The van der Waals surface area contributed by atoms with Crippen LogP contribution in [0.4, 0.5) is 0 Å². The number of carbonyl (C=O) groups is 1. The first kappa shape index (κ1) is 31.2. The second-order valence-corrected chi connectivity index (χ2v) is 8.24. The molecular weight excluding hydrogens is 384 g/mol. The van der Waals surface area contributed by atoms with E-state index in [1.807, 2.05) is 6.92 Å². The van der Waals surface area contributed by atoms with Gasteiger partial charge in [0.25, 0.3) is 0 Å². The van der Waals surface area contributed by atoms with Crippen molar-refractivity contribution >= 4 is 5.97 Å². The van der Waals surface area contributed by atoms with E-state index in [9.17, 15) is 9.90 Å². The summed E-state index contributed by atoms with van der Waals surface area (Å²) in [6.45, 7) is 3.55. The summed E-state index contributed by atoms with van der Waals surface area (Å²) in [6.07, 6.45) is 17.9. The van der Waals surface area contributed by atoms with E-state index in [0.29, 0.717) is 12.8 Å². The van der Waals surface area contributed by atoms with Gasteiger partial charge in [-0.05, 0) is 38.5 Å². The van der Waals surface area contributed by atoms with Gasteiger partial charge in [0.15, 0.2) is 0 Å². The maximum Gasteiger partial charge on any atom is 0.303 e. The van der Waals surface area contributed by atoms with Gasteiger partial charge in [0.1, 0.15) is 0 Å². The predicted molar refractivity (Wildman–Crippen MR) is 122 cm³/mol. The van der Waals surface area contributed by atoms with Gasteiger partial charge in [-0.1, -0.05) is 70.9 Å². The fraction of sp³-hybridized carbons (Fsp3) is 0.875. The molecule has 0 bridgehead atoms. The Morgan fingerprint density at radius 2 is 1.40 bits per heavy atom. The molecule has 30 heavy (non-hydrogen) atoms. The average molecular weight is 433 g/mol. The zero-order chi connectivity index (χ0) is 23.1. The number of allylic oxidation sites excluding steroid dienone is 1. The van der Waals surface area contributed by atoms with Crippen LogP contribution in [0.5, 0.6) is 0 Å². The van der Waals surface area contributed by atoms with Gasteiger partial charge < -0.3 is 25.5 Å². The molecule has 180 valence electrons. The molecule has 6 nitrogen and oxygen atoms in total. The molecule has 0 amide bonds. The average Bonchev–Trinajstić information content (AvgIpc) is 2.75. The van der Waals surface area contributed by atoms with E-state index >= 15 is 0 Å². The third-order valence-electron chi connectivity index (χ3n) is 5.48. The Bertz CT molecular complexity index is 376. The van der Waals surface area contributed by atoms with Crippen molar-refractivity contribution in [3.8, 4) is 0 Å². The maximum absolute atomic E-state index is 10.3. The van der Waals surface area contributed by atoms with Crippen LogP contribution in [0.25, 0.3) is 0 Å². The number of aliphatic hydroxyl groups excluding tert-OH is 4. The van der Waals surface area contributed by atoms with Crippen LogP contribution in [-0.2, 0) is 4.79 Å². The van der Waals surface area contributed by atoms with E-state index in [4.69, 9.17) is 20.4 Å². The fourth-order valence-corrected chi connectivity index (χ4v) is 2.85. The summed E-state index contributed by atoms with van der Waals surface area (Å²) in [4.78, 5) is 10.3. The van der Waals surface area contributed by atoms with Crippen LogP contribution >= 0.6 is 0 Å². The van der Waals surface area contributed by atoms with Crippen molar-refractivity contribution in [1.29, 1.82) is 0 Å². The molecule has 0 rings (SSSR count). The first-order valence-corrected chi connectivity index (χ1v) is 11.8. The number of hydrogen-bond acceptors (Lipinski definition) is 5. The van der Waals surface area contributed by atoms with Crippen LogP contribution in [0.15, 0.2) is 12.2 Å². The number of carboxylic acid groups (broad SMARTS) is 1. The predicted octanol–water partition coefficient (Wildman–Crippen LogP) is 4.44. The highest BCUT2D eigenvalue weighted by Crippen LogP contribution is 2.18. The lowest BCUT2D eigenvalue weighted by atomic mass is 9.88. The summed E-state index contributed by atoms with van der Waals surface area (Å²) in [5, 5.41) is 44.3. The third-order valence-corrected chi connectivity index (χ3v) is 5.48. The van der Waals surface area contributed by atoms with Gasteiger partial charge in [0.2, 0.25) is 0 Å². The highest BCUT2D eigenvalue weighted by Gasteiger charge is 2.24. The lowest BCUT2D eigenvalue weighted by Gasteiger charge is -2.24. The minimum absolute atomic E-state index is 0.156. The second kappa shape index (κ2) is 22.7. The van der Waals surface area contributed by atoms with Crippen molar-refractivity contribution < 1.29 is 30.3 Å². The largest absolute Gasteiger partial charge is 0.481 e. The molecule has 0 aromatic heterocycles. The van der Waals surface area contributed by atoms with Crippen molar-refractivity contribution in [2.24, 2.45) is 5.41 Å². The molecule has 6 heteroatoms. The summed E-state index contributed by atoms with van der Waals surface area (Å²) in [5.74, 6) is -0.689. The Balaban J connectivity index is 0. The van der Waals surface area contributed by atoms with Gasteiger partial charge in [-0.2, -0.15) is 0 Å². The first-order chi connectivity index (χ1) is 14.4. The maximum atomic E-state index is 10.3. The van der Waals surface area contributed by atoms with E-state index in [0.717, 1.165) is 51.4 Å². The van der Waals surface area contributed by atoms with E-state index in [-0.39, 0.29) is 25.9 Å². The van der Waals surface area contributed by atoms with E-state index in [1.54, 1.807) is 0 Å². The topological polar surface area (TPSA) is 118 Å². The molecule has 5 N–H and O–H groups in total. The molecular formula is C24H48O6. The second-order valence-electron chi connectivity index (χ2n) is 8.24. The molecule has 0 radical (unpaired) electrons. The Labute approximate surface area is 184 Å². The van der Waals surface area contributed by atoms with Gasteiger partial charge in [0.05, 0.1) is 25.9 Å². The summed E-state index contributed by atoms with van der Waals surface area (Å²) < 4.78 is 0. The van der Waals surface area contributed by atoms with Crippen molar-refractivity contribution in [2.75, 3.05) is 19.8 Å². The van der Waals surface area contributed by atoms with Crippen LogP contribution in [-0.4, -0.2) is 57.4 Å². The molecule has 0 spiro atoms. The Kier molecular flexibility index (Phi) is 23.7. The zero-order valence-electron chi connectivity index (χ0n) is 19.4. The molecule has 1 atom stereocenters. The fourth-order valence-electron chi connectivity index (χ4n) is 2.85. The van der Waals surface area contributed by atoms with Gasteiger partial charge >= 0.3 is 5.97 Å². The summed E-state index contributed by atoms with van der Waals surface area (Å²) in [6, 6.07) is 0. The molecule has 0 aromatic carbocycles. The van der Waals surface area contributed by atoms with Crippen molar-refractivity contribution in [2.45, 2.75) is 110 Å². The summed E-state index contributed by atoms with van der Waals surface area (Å²) in [7, 11) is 0. The minimum Gasteiger partial charge on any atom is -0.481 e. The minimum atomic E-state index is -0.689.